The highest BCUT2D eigenvalue weighted by atomic mass is 19.1. The van der Waals surface area contributed by atoms with E-state index in [2.05, 4.69) is 53.7 Å². The standard InChI is InChI=1S/C30H47FO3/c1-18(2)19(3)8-9-20(4)24-10-11-25-23-16-27(31)30(33)17-22(34-21(5)32)12-15-29(30,7)26(23)13-14-28(24,25)6/h8-9,16,18-20,22,24-27,33H,10-15,17H2,1-7H3/b9-8+/t19-,20+,22-,24+,25-,26-,27-,28+,29+,30-/m0/s1. The Bertz CT molecular complexity index is 848. The lowest BCUT2D eigenvalue weighted by Gasteiger charge is -2.61. The number of alkyl halides is 1. The van der Waals surface area contributed by atoms with Crippen LogP contribution in [0.3, 0.4) is 0 Å². The minimum Gasteiger partial charge on any atom is -0.462 e. The van der Waals surface area contributed by atoms with Gasteiger partial charge in [-0.1, -0.05) is 59.3 Å². The van der Waals surface area contributed by atoms with Crippen LogP contribution in [0.15, 0.2) is 23.8 Å². The molecule has 3 nitrogen and oxygen atoms in total. The number of rotatable bonds is 5. The van der Waals surface area contributed by atoms with Gasteiger partial charge in [-0.25, -0.2) is 4.39 Å². The van der Waals surface area contributed by atoms with Gasteiger partial charge in [-0.05, 0) is 85.5 Å². The summed E-state index contributed by atoms with van der Waals surface area (Å²) in [7, 11) is 0. The molecule has 0 bridgehead atoms. The third-order valence-corrected chi connectivity index (χ3v) is 11.0. The highest BCUT2D eigenvalue weighted by Gasteiger charge is 2.65. The first-order valence-corrected chi connectivity index (χ1v) is 13.8. The Hall–Kier alpha value is -1.16. The topological polar surface area (TPSA) is 46.5 Å². The summed E-state index contributed by atoms with van der Waals surface area (Å²) < 4.78 is 21.3. The number of ether oxygens (including phenoxy) is 1. The van der Waals surface area contributed by atoms with Crippen molar-refractivity contribution in [2.75, 3.05) is 0 Å². The molecule has 0 radical (unpaired) electrons. The second kappa shape index (κ2) is 9.05. The summed E-state index contributed by atoms with van der Waals surface area (Å²) in [4.78, 5) is 11.5. The molecule has 0 spiro atoms. The van der Waals surface area contributed by atoms with Gasteiger partial charge in [-0.2, -0.15) is 0 Å². The van der Waals surface area contributed by atoms with Gasteiger partial charge in [0, 0.05) is 18.8 Å². The maximum atomic E-state index is 15.9. The molecule has 0 unspecified atom stereocenters. The Morgan fingerprint density at radius 3 is 2.44 bits per heavy atom. The second-order valence-electron chi connectivity index (χ2n) is 13.1. The number of esters is 1. The van der Waals surface area contributed by atoms with Crippen LogP contribution in [0.2, 0.25) is 0 Å². The summed E-state index contributed by atoms with van der Waals surface area (Å²) in [5.41, 5.74) is -0.499. The van der Waals surface area contributed by atoms with E-state index < -0.39 is 23.3 Å². The third-order valence-electron chi connectivity index (χ3n) is 11.0. The van der Waals surface area contributed by atoms with Crippen molar-refractivity contribution >= 4 is 5.97 Å². The lowest BCUT2D eigenvalue weighted by atomic mass is 9.45. The highest BCUT2D eigenvalue weighted by Crippen LogP contribution is 2.68. The molecule has 0 saturated heterocycles. The maximum Gasteiger partial charge on any atom is 0.302 e. The number of carbonyl (C=O) groups excluding carboxylic acids is 1. The van der Waals surface area contributed by atoms with E-state index in [1.54, 1.807) is 6.08 Å². The molecule has 0 aromatic carbocycles. The molecule has 4 heteroatoms. The molecular weight excluding hydrogens is 427 g/mol. The monoisotopic (exact) mass is 474 g/mol. The van der Waals surface area contributed by atoms with Gasteiger partial charge in [0.1, 0.15) is 17.9 Å². The molecule has 4 rings (SSSR count). The molecule has 1 N–H and O–H groups in total. The Kier molecular flexibility index (Phi) is 6.90. The predicted octanol–water partition coefficient (Wildman–Crippen LogP) is 7.04. The molecule has 0 aromatic rings. The Morgan fingerprint density at radius 1 is 1.09 bits per heavy atom. The van der Waals surface area contributed by atoms with Crippen LogP contribution in [0.25, 0.3) is 0 Å². The van der Waals surface area contributed by atoms with Crippen LogP contribution in [-0.4, -0.2) is 29.0 Å². The summed E-state index contributed by atoms with van der Waals surface area (Å²) in [5.74, 6) is 2.63. The quantitative estimate of drug-likeness (QED) is 0.343. The number of halogens is 1. The number of allylic oxidation sites excluding steroid dienone is 3. The van der Waals surface area contributed by atoms with E-state index in [0.717, 1.165) is 19.3 Å². The molecular formula is C30H47FO3. The van der Waals surface area contributed by atoms with Gasteiger partial charge in [-0.15, -0.1) is 0 Å². The average Bonchev–Trinajstić information content (AvgIpc) is 3.11. The molecule has 4 aliphatic rings. The van der Waals surface area contributed by atoms with Gasteiger partial charge in [0.2, 0.25) is 0 Å². The SMILES string of the molecule is CC(=O)O[C@H]1CC[C@]2(C)[C@H]3CC[C@]4(C)[C@@H]([C@H](C)/C=C/[C@H](C)C(C)C)CC[C@H]4C3=C[C@H](F)[C@@]2(O)C1. The van der Waals surface area contributed by atoms with Crippen molar-refractivity contribution in [3.63, 3.8) is 0 Å². The minimum absolute atomic E-state index is 0.188. The van der Waals surface area contributed by atoms with Crippen LogP contribution in [0.4, 0.5) is 4.39 Å². The van der Waals surface area contributed by atoms with Gasteiger partial charge < -0.3 is 9.84 Å². The first-order chi connectivity index (χ1) is 15.8. The molecule has 10 atom stereocenters. The van der Waals surface area contributed by atoms with Crippen molar-refractivity contribution in [1.82, 2.24) is 0 Å². The van der Waals surface area contributed by atoms with Crippen molar-refractivity contribution < 1.29 is 19.0 Å². The van der Waals surface area contributed by atoms with Crippen LogP contribution in [-0.2, 0) is 9.53 Å². The zero-order chi connectivity index (χ0) is 25.1. The highest BCUT2D eigenvalue weighted by molar-refractivity contribution is 5.66. The smallest absolute Gasteiger partial charge is 0.302 e. The van der Waals surface area contributed by atoms with Crippen LogP contribution in [0.1, 0.15) is 93.4 Å². The van der Waals surface area contributed by atoms with Crippen LogP contribution < -0.4 is 0 Å². The number of hydrogen-bond donors (Lipinski definition) is 1. The average molecular weight is 475 g/mol. The molecule has 0 amide bonds. The van der Waals surface area contributed by atoms with E-state index in [1.165, 1.54) is 18.9 Å². The van der Waals surface area contributed by atoms with Crippen molar-refractivity contribution in [3.05, 3.63) is 23.8 Å². The molecule has 3 fully saturated rings. The zero-order valence-corrected chi connectivity index (χ0v) is 22.4. The van der Waals surface area contributed by atoms with Crippen LogP contribution in [0.5, 0.6) is 0 Å². The van der Waals surface area contributed by atoms with Gasteiger partial charge >= 0.3 is 5.97 Å². The lowest BCUT2D eigenvalue weighted by Crippen LogP contribution is -2.64. The van der Waals surface area contributed by atoms with Crippen molar-refractivity contribution in [2.45, 2.75) is 111 Å². The van der Waals surface area contributed by atoms with Gasteiger partial charge in [-0.3, -0.25) is 4.79 Å². The fraction of sp³-hybridized carbons (Fsp3) is 0.833. The molecule has 0 aromatic heterocycles. The van der Waals surface area contributed by atoms with Gasteiger partial charge in [0.15, 0.2) is 0 Å². The first-order valence-electron chi connectivity index (χ1n) is 13.8. The van der Waals surface area contributed by atoms with Crippen molar-refractivity contribution in [3.8, 4) is 0 Å². The van der Waals surface area contributed by atoms with Gasteiger partial charge in [0.05, 0.1) is 0 Å². The van der Waals surface area contributed by atoms with E-state index in [1.807, 2.05) is 0 Å². The lowest BCUT2D eigenvalue weighted by molar-refractivity contribution is -0.203. The summed E-state index contributed by atoms with van der Waals surface area (Å²) in [6, 6.07) is 0. The van der Waals surface area contributed by atoms with E-state index in [0.29, 0.717) is 42.4 Å². The Morgan fingerprint density at radius 2 is 1.79 bits per heavy atom. The fourth-order valence-electron chi connectivity index (χ4n) is 8.43. The van der Waals surface area contributed by atoms with E-state index in [4.69, 9.17) is 4.74 Å². The third kappa shape index (κ3) is 4.00. The summed E-state index contributed by atoms with van der Waals surface area (Å²) >= 11 is 0. The van der Waals surface area contributed by atoms with E-state index in [9.17, 15) is 9.90 Å². The van der Waals surface area contributed by atoms with Crippen LogP contribution in [0, 0.1) is 46.3 Å². The molecule has 3 saturated carbocycles. The number of fused-ring (bicyclic) bond motifs is 5. The Balaban J connectivity index is 1.59. The molecule has 0 aliphatic heterocycles. The van der Waals surface area contributed by atoms with Crippen molar-refractivity contribution in [1.29, 1.82) is 0 Å². The minimum atomic E-state index is -1.46. The molecule has 4 aliphatic carbocycles. The molecule has 192 valence electrons. The number of aliphatic hydroxyl groups is 1. The van der Waals surface area contributed by atoms with E-state index in [-0.39, 0.29) is 23.7 Å². The fourth-order valence-corrected chi connectivity index (χ4v) is 8.43. The summed E-state index contributed by atoms with van der Waals surface area (Å²) in [5, 5.41) is 11.7. The number of carbonyl (C=O) groups is 1. The largest absolute Gasteiger partial charge is 0.462 e. The normalized spacial score (nSPS) is 45.8. The zero-order valence-electron chi connectivity index (χ0n) is 22.4. The summed E-state index contributed by atoms with van der Waals surface area (Å²) in [6.45, 7) is 15.2. The van der Waals surface area contributed by atoms with Crippen molar-refractivity contribution in [2.24, 2.45) is 46.3 Å². The Labute approximate surface area is 206 Å². The maximum absolute atomic E-state index is 15.9. The second-order valence-corrected chi connectivity index (χ2v) is 13.1. The first kappa shape index (κ1) is 25.9. The number of hydrogen-bond acceptors (Lipinski definition) is 3. The molecule has 0 heterocycles. The van der Waals surface area contributed by atoms with E-state index >= 15 is 4.39 Å². The van der Waals surface area contributed by atoms with Gasteiger partial charge in [0.25, 0.3) is 0 Å². The van der Waals surface area contributed by atoms with Crippen LogP contribution >= 0.6 is 0 Å². The predicted molar refractivity (Wildman–Crippen MR) is 135 cm³/mol. The summed E-state index contributed by atoms with van der Waals surface area (Å²) in [6.07, 6.45) is 10.9. The molecule has 34 heavy (non-hydrogen) atoms.